The van der Waals surface area contributed by atoms with E-state index >= 15 is 0 Å². The van der Waals surface area contributed by atoms with Gasteiger partial charge in [0.2, 0.25) is 11.9 Å². The van der Waals surface area contributed by atoms with Crippen LogP contribution in [0.3, 0.4) is 0 Å². The zero-order valence-corrected chi connectivity index (χ0v) is 18.4. The van der Waals surface area contributed by atoms with Crippen molar-refractivity contribution in [3.63, 3.8) is 0 Å². The van der Waals surface area contributed by atoms with Crippen LogP contribution in [-0.2, 0) is 4.79 Å². The van der Waals surface area contributed by atoms with Crippen LogP contribution in [0, 0.1) is 0 Å². The van der Waals surface area contributed by atoms with Crippen LogP contribution in [0.2, 0.25) is 0 Å². The molecule has 166 valence electrons. The van der Waals surface area contributed by atoms with Gasteiger partial charge in [-0.3, -0.25) is 9.69 Å². The van der Waals surface area contributed by atoms with Gasteiger partial charge in [-0.15, -0.1) is 0 Å². The standard InChI is InChI=1S/C26H31N5O/c32-25(21-24(22-9-3-1-4-10-22)23-11-5-2-6-12-23)27-15-8-16-30-17-19-31(20-18-30)26-28-13-7-14-29-26/h1-7,9-14,24H,8,15-21H2,(H,27,32). The van der Waals surface area contributed by atoms with Crippen LogP contribution in [0.4, 0.5) is 5.95 Å². The number of hydrogen-bond acceptors (Lipinski definition) is 5. The third kappa shape index (κ3) is 6.14. The second-order valence-electron chi connectivity index (χ2n) is 8.16. The van der Waals surface area contributed by atoms with E-state index in [1.54, 1.807) is 12.4 Å². The number of piperazine rings is 1. The fraction of sp³-hybridized carbons (Fsp3) is 0.346. The van der Waals surface area contributed by atoms with Crippen molar-refractivity contribution >= 4 is 11.9 Å². The van der Waals surface area contributed by atoms with Gasteiger partial charge in [0.25, 0.3) is 0 Å². The molecule has 0 unspecified atom stereocenters. The summed E-state index contributed by atoms with van der Waals surface area (Å²) in [7, 11) is 0. The van der Waals surface area contributed by atoms with E-state index in [0.29, 0.717) is 13.0 Å². The molecular weight excluding hydrogens is 398 g/mol. The van der Waals surface area contributed by atoms with Crippen molar-refractivity contribution in [1.29, 1.82) is 0 Å². The number of nitrogens with one attached hydrogen (secondary N) is 1. The van der Waals surface area contributed by atoms with Crippen LogP contribution in [0.25, 0.3) is 0 Å². The Bertz CT molecular complexity index is 904. The van der Waals surface area contributed by atoms with Gasteiger partial charge >= 0.3 is 0 Å². The van der Waals surface area contributed by atoms with Crippen molar-refractivity contribution in [1.82, 2.24) is 20.2 Å². The Hall–Kier alpha value is -3.25. The highest BCUT2D eigenvalue weighted by Crippen LogP contribution is 2.27. The molecular formula is C26H31N5O. The first kappa shape index (κ1) is 22.0. The number of amides is 1. The number of benzene rings is 2. The van der Waals surface area contributed by atoms with Crippen molar-refractivity contribution in [2.24, 2.45) is 0 Å². The van der Waals surface area contributed by atoms with Crippen molar-refractivity contribution in [2.45, 2.75) is 18.8 Å². The molecule has 0 radical (unpaired) electrons. The molecule has 0 bridgehead atoms. The van der Waals surface area contributed by atoms with E-state index in [0.717, 1.165) is 45.1 Å². The normalized spacial score (nSPS) is 14.5. The van der Waals surface area contributed by atoms with Gasteiger partial charge in [-0.1, -0.05) is 60.7 Å². The van der Waals surface area contributed by atoms with E-state index in [1.807, 2.05) is 42.5 Å². The molecule has 6 nitrogen and oxygen atoms in total. The fourth-order valence-electron chi connectivity index (χ4n) is 4.21. The quantitative estimate of drug-likeness (QED) is 0.529. The third-order valence-corrected chi connectivity index (χ3v) is 5.97. The lowest BCUT2D eigenvalue weighted by Gasteiger charge is -2.34. The summed E-state index contributed by atoms with van der Waals surface area (Å²) in [5, 5.41) is 3.13. The molecule has 2 heterocycles. The highest BCUT2D eigenvalue weighted by molar-refractivity contribution is 5.77. The molecule has 2 aromatic carbocycles. The van der Waals surface area contributed by atoms with Gasteiger partial charge in [-0.25, -0.2) is 9.97 Å². The molecule has 32 heavy (non-hydrogen) atoms. The fourth-order valence-corrected chi connectivity index (χ4v) is 4.21. The Morgan fingerprint density at radius 3 is 2.03 bits per heavy atom. The monoisotopic (exact) mass is 429 g/mol. The summed E-state index contributed by atoms with van der Waals surface area (Å²) in [6.45, 7) is 5.56. The van der Waals surface area contributed by atoms with Crippen molar-refractivity contribution in [3.05, 3.63) is 90.3 Å². The molecule has 1 aromatic heterocycles. The first-order valence-electron chi connectivity index (χ1n) is 11.4. The Morgan fingerprint density at radius 2 is 1.44 bits per heavy atom. The summed E-state index contributed by atoms with van der Waals surface area (Å²) in [5.41, 5.74) is 2.35. The molecule has 6 heteroatoms. The van der Waals surface area contributed by atoms with Gasteiger partial charge in [0.1, 0.15) is 0 Å². The third-order valence-electron chi connectivity index (χ3n) is 5.97. The molecule has 4 rings (SSSR count). The SMILES string of the molecule is O=C(CC(c1ccccc1)c1ccccc1)NCCCN1CCN(c2ncccn2)CC1. The first-order valence-corrected chi connectivity index (χ1v) is 11.4. The van der Waals surface area contributed by atoms with Gasteiger partial charge in [0.15, 0.2) is 0 Å². The number of hydrogen-bond donors (Lipinski definition) is 1. The highest BCUT2D eigenvalue weighted by atomic mass is 16.1. The van der Waals surface area contributed by atoms with Gasteiger partial charge in [0.05, 0.1) is 0 Å². The molecule has 1 amide bonds. The maximum atomic E-state index is 12.7. The van der Waals surface area contributed by atoms with E-state index in [-0.39, 0.29) is 11.8 Å². The van der Waals surface area contributed by atoms with Crippen LogP contribution in [-0.4, -0.2) is 60.0 Å². The van der Waals surface area contributed by atoms with Crippen LogP contribution < -0.4 is 10.2 Å². The van der Waals surface area contributed by atoms with E-state index < -0.39 is 0 Å². The van der Waals surface area contributed by atoms with Crippen molar-refractivity contribution in [3.8, 4) is 0 Å². The average Bonchev–Trinajstić information content (AvgIpc) is 2.87. The Balaban J connectivity index is 1.20. The maximum Gasteiger partial charge on any atom is 0.225 e. The Labute approximate surface area is 190 Å². The summed E-state index contributed by atoms with van der Waals surface area (Å²) >= 11 is 0. The molecule has 0 spiro atoms. The Kier molecular flexibility index (Phi) is 7.82. The molecule has 1 fully saturated rings. The van der Waals surface area contributed by atoms with Crippen molar-refractivity contribution < 1.29 is 4.79 Å². The number of carbonyl (C=O) groups excluding carboxylic acids is 1. The Morgan fingerprint density at radius 1 is 0.844 bits per heavy atom. The molecule has 1 aliphatic heterocycles. The highest BCUT2D eigenvalue weighted by Gasteiger charge is 2.19. The van der Waals surface area contributed by atoms with Crippen LogP contribution >= 0.6 is 0 Å². The first-order chi connectivity index (χ1) is 15.8. The maximum absolute atomic E-state index is 12.7. The van der Waals surface area contributed by atoms with E-state index in [2.05, 4.69) is 49.4 Å². The largest absolute Gasteiger partial charge is 0.356 e. The van der Waals surface area contributed by atoms with Gasteiger partial charge in [0, 0.05) is 57.5 Å². The van der Waals surface area contributed by atoms with Gasteiger partial charge < -0.3 is 10.2 Å². The van der Waals surface area contributed by atoms with Crippen LogP contribution in [0.5, 0.6) is 0 Å². The minimum absolute atomic E-state index is 0.0747. The molecule has 1 aliphatic rings. The smallest absolute Gasteiger partial charge is 0.225 e. The lowest BCUT2D eigenvalue weighted by molar-refractivity contribution is -0.121. The predicted molar refractivity (Wildman–Crippen MR) is 128 cm³/mol. The minimum Gasteiger partial charge on any atom is -0.356 e. The zero-order chi connectivity index (χ0) is 22.0. The number of nitrogens with zero attached hydrogens (tertiary/aromatic N) is 4. The van der Waals surface area contributed by atoms with Crippen molar-refractivity contribution in [2.75, 3.05) is 44.2 Å². The van der Waals surface area contributed by atoms with Gasteiger partial charge in [-0.2, -0.15) is 0 Å². The van der Waals surface area contributed by atoms with Gasteiger partial charge in [-0.05, 0) is 30.2 Å². The minimum atomic E-state index is 0.0747. The lowest BCUT2D eigenvalue weighted by Crippen LogP contribution is -2.47. The topological polar surface area (TPSA) is 61.4 Å². The predicted octanol–water partition coefficient (Wildman–Crippen LogP) is 3.33. The van der Waals surface area contributed by atoms with E-state index in [9.17, 15) is 4.79 Å². The molecule has 1 N–H and O–H groups in total. The van der Waals surface area contributed by atoms with E-state index in [1.165, 1.54) is 11.1 Å². The second-order valence-corrected chi connectivity index (χ2v) is 8.16. The molecule has 0 atom stereocenters. The number of anilines is 1. The van der Waals surface area contributed by atoms with Crippen LogP contribution in [0.15, 0.2) is 79.1 Å². The summed E-state index contributed by atoms with van der Waals surface area (Å²) in [6, 6.07) is 22.4. The molecule has 0 aliphatic carbocycles. The van der Waals surface area contributed by atoms with E-state index in [4.69, 9.17) is 0 Å². The number of rotatable bonds is 9. The summed E-state index contributed by atoms with van der Waals surface area (Å²) in [5.74, 6) is 0.991. The number of aromatic nitrogens is 2. The lowest BCUT2D eigenvalue weighted by atomic mass is 9.88. The summed E-state index contributed by atoms with van der Waals surface area (Å²) in [6.07, 6.45) is 4.99. The second kappa shape index (κ2) is 11.4. The molecule has 1 saturated heterocycles. The van der Waals surface area contributed by atoms with Crippen LogP contribution in [0.1, 0.15) is 29.9 Å². The summed E-state index contributed by atoms with van der Waals surface area (Å²) < 4.78 is 0. The molecule has 0 saturated carbocycles. The average molecular weight is 430 g/mol. The summed E-state index contributed by atoms with van der Waals surface area (Å²) in [4.78, 5) is 26.1. The number of carbonyl (C=O) groups is 1. The molecule has 3 aromatic rings. The zero-order valence-electron chi connectivity index (χ0n) is 18.4.